The van der Waals surface area contributed by atoms with Crippen LogP contribution in [-0.4, -0.2) is 42.3 Å². The van der Waals surface area contributed by atoms with Crippen LogP contribution in [0.1, 0.15) is 39.2 Å². The zero-order chi connectivity index (χ0) is 18.9. The normalized spacial score (nSPS) is 12.0. The molecule has 0 aliphatic carbocycles. The van der Waals surface area contributed by atoms with Crippen molar-refractivity contribution in [3.8, 4) is 6.07 Å². The minimum atomic E-state index is -0.805. The Morgan fingerprint density at radius 3 is 2.40 bits per heavy atom. The number of benzene rings is 1. The maximum absolute atomic E-state index is 12.6. The number of carbonyl (C=O) groups excluding carboxylic acids is 2. The summed E-state index contributed by atoms with van der Waals surface area (Å²) in [5, 5.41) is 8.76. The summed E-state index contributed by atoms with van der Waals surface area (Å²) in [7, 11) is 1.29. The number of nitrogens with zero attached hydrogens (tertiary/aromatic N) is 2. The molecular formula is C19H26N2O4. The minimum absolute atomic E-state index is 0.245. The summed E-state index contributed by atoms with van der Waals surface area (Å²) in [4.78, 5) is 26.3. The van der Waals surface area contributed by atoms with Crippen LogP contribution in [0.4, 0.5) is 4.79 Å². The summed E-state index contributed by atoms with van der Waals surface area (Å²) >= 11 is 0. The topological polar surface area (TPSA) is 79.6 Å². The van der Waals surface area contributed by atoms with E-state index in [4.69, 9.17) is 14.7 Å². The van der Waals surface area contributed by atoms with Gasteiger partial charge in [-0.1, -0.05) is 30.3 Å². The van der Waals surface area contributed by atoms with Gasteiger partial charge in [0.2, 0.25) is 0 Å². The standard InChI is InChI=1S/C19H26N2O4/c1-19(2,3)25-18(23)21(13-9-8-12-20)16(17(22)24-4)14-15-10-6-5-7-11-15/h5-7,10-11,16H,8-9,13-14H2,1-4H3. The molecule has 1 amide bonds. The highest BCUT2D eigenvalue weighted by Gasteiger charge is 2.33. The molecule has 0 spiro atoms. The van der Waals surface area contributed by atoms with Crippen LogP contribution in [0.15, 0.2) is 30.3 Å². The molecule has 6 nitrogen and oxygen atoms in total. The van der Waals surface area contributed by atoms with Gasteiger partial charge in [-0.3, -0.25) is 4.90 Å². The second-order valence-electron chi connectivity index (χ2n) is 6.66. The van der Waals surface area contributed by atoms with Crippen LogP contribution in [0.5, 0.6) is 0 Å². The van der Waals surface area contributed by atoms with Crippen molar-refractivity contribution in [3.05, 3.63) is 35.9 Å². The van der Waals surface area contributed by atoms with Gasteiger partial charge in [-0.05, 0) is 32.8 Å². The molecular weight excluding hydrogens is 320 g/mol. The third-order valence-electron chi connectivity index (χ3n) is 3.44. The van der Waals surface area contributed by atoms with Crippen LogP contribution in [-0.2, 0) is 20.7 Å². The van der Waals surface area contributed by atoms with E-state index in [0.717, 1.165) is 5.56 Å². The third kappa shape index (κ3) is 7.25. The second kappa shape index (κ2) is 9.67. The van der Waals surface area contributed by atoms with Crippen molar-refractivity contribution in [1.29, 1.82) is 5.26 Å². The summed E-state index contributed by atoms with van der Waals surface area (Å²) in [5.74, 6) is -0.508. The van der Waals surface area contributed by atoms with Crippen molar-refractivity contribution in [2.24, 2.45) is 0 Å². The largest absolute Gasteiger partial charge is 0.467 e. The smallest absolute Gasteiger partial charge is 0.411 e. The van der Waals surface area contributed by atoms with Crippen molar-refractivity contribution < 1.29 is 19.1 Å². The first kappa shape index (κ1) is 20.5. The van der Waals surface area contributed by atoms with Gasteiger partial charge in [-0.25, -0.2) is 9.59 Å². The van der Waals surface area contributed by atoms with Crippen molar-refractivity contribution in [2.75, 3.05) is 13.7 Å². The summed E-state index contributed by atoms with van der Waals surface area (Å²) in [5.41, 5.74) is 0.226. The van der Waals surface area contributed by atoms with E-state index in [2.05, 4.69) is 0 Å². The molecule has 0 radical (unpaired) electrons. The number of nitriles is 1. The first-order chi connectivity index (χ1) is 11.8. The van der Waals surface area contributed by atoms with Gasteiger partial charge in [0.1, 0.15) is 11.6 Å². The van der Waals surface area contributed by atoms with Gasteiger partial charge >= 0.3 is 12.1 Å². The molecule has 0 aromatic heterocycles. The number of hydrogen-bond donors (Lipinski definition) is 0. The van der Waals surface area contributed by atoms with Crippen LogP contribution < -0.4 is 0 Å². The van der Waals surface area contributed by atoms with Crippen LogP contribution in [0.3, 0.4) is 0 Å². The predicted molar refractivity (Wildman–Crippen MR) is 93.7 cm³/mol. The van der Waals surface area contributed by atoms with E-state index in [1.165, 1.54) is 12.0 Å². The Balaban J connectivity index is 3.06. The van der Waals surface area contributed by atoms with Gasteiger partial charge in [0.25, 0.3) is 0 Å². The van der Waals surface area contributed by atoms with E-state index in [1.54, 1.807) is 20.8 Å². The SMILES string of the molecule is COC(=O)C(Cc1ccccc1)N(CCCC#N)C(=O)OC(C)(C)C. The zero-order valence-electron chi connectivity index (χ0n) is 15.3. The highest BCUT2D eigenvalue weighted by Crippen LogP contribution is 2.17. The summed E-state index contributed by atoms with van der Waals surface area (Å²) in [6.45, 7) is 5.54. The summed E-state index contributed by atoms with van der Waals surface area (Å²) in [6.07, 6.45) is 0.479. The lowest BCUT2D eigenvalue weighted by Gasteiger charge is -2.32. The molecule has 1 unspecified atom stereocenters. The molecule has 0 bridgehead atoms. The van der Waals surface area contributed by atoms with Gasteiger partial charge in [-0.2, -0.15) is 5.26 Å². The fraction of sp³-hybridized carbons (Fsp3) is 0.526. The lowest BCUT2D eigenvalue weighted by atomic mass is 10.0. The second-order valence-corrected chi connectivity index (χ2v) is 6.66. The fourth-order valence-corrected chi connectivity index (χ4v) is 2.32. The first-order valence-corrected chi connectivity index (χ1v) is 8.27. The van der Waals surface area contributed by atoms with E-state index in [9.17, 15) is 9.59 Å². The number of unbranched alkanes of at least 4 members (excludes halogenated alkanes) is 1. The highest BCUT2D eigenvalue weighted by molar-refractivity contribution is 5.81. The molecule has 0 aliphatic rings. The van der Waals surface area contributed by atoms with Crippen LogP contribution in [0, 0.1) is 11.3 Å². The van der Waals surface area contributed by atoms with Crippen LogP contribution >= 0.6 is 0 Å². The van der Waals surface area contributed by atoms with Gasteiger partial charge in [0.15, 0.2) is 0 Å². The van der Waals surface area contributed by atoms with Crippen molar-refractivity contribution in [2.45, 2.75) is 51.7 Å². The molecule has 1 rings (SSSR count). The average Bonchev–Trinajstić information content (AvgIpc) is 2.56. The Bertz CT molecular complexity index is 602. The molecule has 25 heavy (non-hydrogen) atoms. The quantitative estimate of drug-likeness (QED) is 0.559. The first-order valence-electron chi connectivity index (χ1n) is 8.27. The molecule has 1 aromatic rings. The predicted octanol–water partition coefficient (Wildman–Crippen LogP) is 3.31. The Kier molecular flexibility index (Phi) is 7.93. The zero-order valence-corrected chi connectivity index (χ0v) is 15.3. The van der Waals surface area contributed by atoms with E-state index >= 15 is 0 Å². The average molecular weight is 346 g/mol. The molecule has 0 N–H and O–H groups in total. The Morgan fingerprint density at radius 2 is 1.88 bits per heavy atom. The molecule has 0 fully saturated rings. The number of rotatable bonds is 7. The van der Waals surface area contributed by atoms with Crippen molar-refractivity contribution in [1.82, 2.24) is 4.90 Å². The van der Waals surface area contributed by atoms with Gasteiger partial charge in [0, 0.05) is 19.4 Å². The van der Waals surface area contributed by atoms with Gasteiger partial charge in [-0.15, -0.1) is 0 Å². The lowest BCUT2D eigenvalue weighted by Crippen LogP contribution is -2.49. The Labute approximate surface area is 149 Å². The van der Waals surface area contributed by atoms with E-state index in [0.29, 0.717) is 19.3 Å². The van der Waals surface area contributed by atoms with Crippen molar-refractivity contribution in [3.63, 3.8) is 0 Å². The Hall–Kier alpha value is -2.55. The molecule has 136 valence electrons. The van der Waals surface area contributed by atoms with E-state index < -0.39 is 23.7 Å². The minimum Gasteiger partial charge on any atom is -0.467 e. The number of methoxy groups -OCH3 is 1. The van der Waals surface area contributed by atoms with Crippen molar-refractivity contribution >= 4 is 12.1 Å². The maximum Gasteiger partial charge on any atom is 0.411 e. The molecule has 0 heterocycles. The molecule has 1 atom stereocenters. The summed E-state index contributed by atoms with van der Waals surface area (Å²) < 4.78 is 10.3. The van der Waals surface area contributed by atoms with E-state index in [-0.39, 0.29) is 6.54 Å². The van der Waals surface area contributed by atoms with Crippen LogP contribution in [0.2, 0.25) is 0 Å². The van der Waals surface area contributed by atoms with Gasteiger partial charge in [0.05, 0.1) is 13.2 Å². The monoisotopic (exact) mass is 346 g/mol. The molecule has 0 saturated heterocycles. The number of amides is 1. The number of carbonyl (C=O) groups is 2. The molecule has 0 saturated carbocycles. The number of ether oxygens (including phenoxy) is 2. The molecule has 6 heteroatoms. The van der Waals surface area contributed by atoms with E-state index in [1.807, 2.05) is 36.4 Å². The third-order valence-corrected chi connectivity index (χ3v) is 3.44. The fourth-order valence-electron chi connectivity index (χ4n) is 2.32. The number of hydrogen-bond acceptors (Lipinski definition) is 5. The molecule has 0 aliphatic heterocycles. The summed E-state index contributed by atoms with van der Waals surface area (Å²) in [6, 6.07) is 10.6. The maximum atomic E-state index is 12.6. The molecule has 1 aromatic carbocycles. The highest BCUT2D eigenvalue weighted by atomic mass is 16.6. The Morgan fingerprint density at radius 1 is 1.24 bits per heavy atom. The number of esters is 1. The van der Waals surface area contributed by atoms with Gasteiger partial charge < -0.3 is 9.47 Å². The lowest BCUT2D eigenvalue weighted by molar-refractivity contribution is -0.146. The van der Waals surface area contributed by atoms with Crippen LogP contribution in [0.25, 0.3) is 0 Å².